The minimum Gasteiger partial charge on any atom is -0.391 e. The van der Waals surface area contributed by atoms with E-state index in [1.54, 1.807) is 0 Å². The van der Waals surface area contributed by atoms with E-state index in [4.69, 9.17) is 5.73 Å². The van der Waals surface area contributed by atoms with E-state index in [9.17, 15) is 5.11 Å². The maximum absolute atomic E-state index is 9.86. The van der Waals surface area contributed by atoms with Gasteiger partial charge in [0.05, 0.1) is 6.10 Å². The normalized spacial score (nSPS) is 28.7. The van der Waals surface area contributed by atoms with Crippen molar-refractivity contribution in [2.45, 2.75) is 63.5 Å². The summed E-state index contributed by atoms with van der Waals surface area (Å²) in [6, 6.07) is 0.0469. The largest absolute Gasteiger partial charge is 0.391 e. The van der Waals surface area contributed by atoms with E-state index in [0.29, 0.717) is 5.92 Å². The molecular weight excluding hydrogens is 174 g/mol. The molecular formula is C12H23NO. The van der Waals surface area contributed by atoms with Gasteiger partial charge in [0.2, 0.25) is 0 Å². The number of rotatable bonds is 4. The first-order valence-corrected chi connectivity index (χ1v) is 6.21. The quantitative estimate of drug-likeness (QED) is 0.724. The van der Waals surface area contributed by atoms with Crippen LogP contribution < -0.4 is 5.73 Å². The number of hydrogen-bond acceptors (Lipinski definition) is 2. The molecule has 0 spiro atoms. The molecule has 2 rings (SSSR count). The zero-order valence-electron chi connectivity index (χ0n) is 8.99. The van der Waals surface area contributed by atoms with Crippen LogP contribution in [0.5, 0.6) is 0 Å². The number of aliphatic hydroxyl groups excluding tert-OH is 1. The zero-order chi connectivity index (χ0) is 9.97. The Bertz CT molecular complexity index is 173. The maximum Gasteiger partial charge on any atom is 0.0719 e. The summed E-state index contributed by atoms with van der Waals surface area (Å²) < 4.78 is 0. The lowest BCUT2D eigenvalue weighted by atomic mass is 9.83. The average Bonchev–Trinajstić information content (AvgIpc) is 3.01. The minimum absolute atomic E-state index is 0.0469. The highest BCUT2D eigenvalue weighted by atomic mass is 16.3. The number of nitrogens with two attached hydrogens (primary N) is 1. The lowest BCUT2D eigenvalue weighted by molar-refractivity contribution is 0.106. The molecule has 0 amide bonds. The molecule has 3 N–H and O–H groups in total. The molecule has 0 aromatic heterocycles. The van der Waals surface area contributed by atoms with Gasteiger partial charge in [-0.25, -0.2) is 0 Å². The summed E-state index contributed by atoms with van der Waals surface area (Å²) in [6.07, 6.45) is 10.1. The Labute approximate surface area is 86.9 Å². The first kappa shape index (κ1) is 10.4. The lowest BCUT2D eigenvalue weighted by Gasteiger charge is -2.27. The Kier molecular flexibility index (Phi) is 3.45. The van der Waals surface area contributed by atoms with Crippen LogP contribution in [0.1, 0.15) is 51.4 Å². The van der Waals surface area contributed by atoms with Crippen LogP contribution in [-0.2, 0) is 0 Å². The van der Waals surface area contributed by atoms with Crippen molar-refractivity contribution in [2.24, 2.45) is 17.6 Å². The van der Waals surface area contributed by atoms with Crippen molar-refractivity contribution in [3.8, 4) is 0 Å². The number of hydrogen-bond donors (Lipinski definition) is 2. The standard InChI is InChI=1S/C12H23NO/c13-11(12(14)10-6-7-10)8-9-4-2-1-3-5-9/h9-12,14H,1-8,13H2/t11?,12-/m1/s1. The van der Waals surface area contributed by atoms with Crippen LogP contribution in [0, 0.1) is 11.8 Å². The Morgan fingerprint density at radius 3 is 2.29 bits per heavy atom. The van der Waals surface area contributed by atoms with Crippen molar-refractivity contribution in [2.75, 3.05) is 0 Å². The Balaban J connectivity index is 1.71. The molecule has 0 aromatic rings. The first-order valence-electron chi connectivity index (χ1n) is 6.21. The van der Waals surface area contributed by atoms with Gasteiger partial charge in [0.15, 0.2) is 0 Å². The summed E-state index contributed by atoms with van der Waals surface area (Å²) in [6.45, 7) is 0. The molecule has 0 bridgehead atoms. The van der Waals surface area contributed by atoms with Crippen molar-refractivity contribution >= 4 is 0 Å². The predicted octanol–water partition coefficient (Wildman–Crippen LogP) is 2.05. The molecule has 0 heterocycles. The first-order chi connectivity index (χ1) is 6.77. The monoisotopic (exact) mass is 197 g/mol. The fourth-order valence-electron chi connectivity index (χ4n) is 2.73. The molecule has 2 aliphatic rings. The van der Waals surface area contributed by atoms with Crippen LogP contribution in [0.15, 0.2) is 0 Å². The highest BCUT2D eigenvalue weighted by molar-refractivity contribution is 4.88. The summed E-state index contributed by atoms with van der Waals surface area (Å²) in [5.74, 6) is 1.33. The second kappa shape index (κ2) is 4.63. The van der Waals surface area contributed by atoms with Gasteiger partial charge in [-0.05, 0) is 31.1 Å². The maximum atomic E-state index is 9.86. The highest BCUT2D eigenvalue weighted by Crippen LogP contribution is 2.36. The predicted molar refractivity (Wildman–Crippen MR) is 57.9 cm³/mol. The van der Waals surface area contributed by atoms with Crippen molar-refractivity contribution in [1.82, 2.24) is 0 Å². The van der Waals surface area contributed by atoms with Crippen molar-refractivity contribution in [3.63, 3.8) is 0 Å². The Morgan fingerprint density at radius 2 is 1.71 bits per heavy atom. The molecule has 14 heavy (non-hydrogen) atoms. The van der Waals surface area contributed by atoms with Crippen molar-refractivity contribution in [3.05, 3.63) is 0 Å². The van der Waals surface area contributed by atoms with Crippen LogP contribution in [-0.4, -0.2) is 17.3 Å². The zero-order valence-corrected chi connectivity index (χ0v) is 8.99. The molecule has 0 aliphatic heterocycles. The van der Waals surface area contributed by atoms with E-state index in [-0.39, 0.29) is 12.1 Å². The van der Waals surface area contributed by atoms with Gasteiger partial charge in [-0.15, -0.1) is 0 Å². The van der Waals surface area contributed by atoms with E-state index in [0.717, 1.165) is 12.3 Å². The minimum atomic E-state index is -0.211. The van der Waals surface area contributed by atoms with E-state index in [1.807, 2.05) is 0 Å². The Hall–Kier alpha value is -0.0800. The molecule has 1 unspecified atom stereocenters. The summed E-state index contributed by atoms with van der Waals surface area (Å²) in [7, 11) is 0. The third kappa shape index (κ3) is 2.71. The molecule has 0 saturated heterocycles. The highest BCUT2D eigenvalue weighted by Gasteiger charge is 2.34. The summed E-state index contributed by atoms with van der Waals surface area (Å²) >= 11 is 0. The van der Waals surface area contributed by atoms with Gasteiger partial charge in [0.1, 0.15) is 0 Å². The SMILES string of the molecule is NC(CC1CCCCC1)[C@H](O)C1CC1. The topological polar surface area (TPSA) is 46.2 Å². The van der Waals surface area contributed by atoms with E-state index in [1.165, 1.54) is 44.9 Å². The van der Waals surface area contributed by atoms with Crippen LogP contribution in [0.2, 0.25) is 0 Å². The molecule has 82 valence electrons. The summed E-state index contributed by atoms with van der Waals surface area (Å²) in [4.78, 5) is 0. The van der Waals surface area contributed by atoms with Crippen LogP contribution in [0.4, 0.5) is 0 Å². The van der Waals surface area contributed by atoms with E-state index < -0.39 is 0 Å². The molecule has 2 aliphatic carbocycles. The van der Waals surface area contributed by atoms with Gasteiger partial charge < -0.3 is 10.8 Å². The fourth-order valence-corrected chi connectivity index (χ4v) is 2.73. The van der Waals surface area contributed by atoms with Crippen LogP contribution >= 0.6 is 0 Å². The van der Waals surface area contributed by atoms with Gasteiger partial charge in [0.25, 0.3) is 0 Å². The van der Waals surface area contributed by atoms with Crippen LogP contribution in [0.25, 0.3) is 0 Å². The van der Waals surface area contributed by atoms with Crippen molar-refractivity contribution < 1.29 is 5.11 Å². The van der Waals surface area contributed by atoms with E-state index in [2.05, 4.69) is 0 Å². The second-order valence-electron chi connectivity index (χ2n) is 5.23. The molecule has 2 nitrogen and oxygen atoms in total. The average molecular weight is 197 g/mol. The van der Waals surface area contributed by atoms with Gasteiger partial charge in [0, 0.05) is 6.04 Å². The summed E-state index contributed by atoms with van der Waals surface area (Å²) in [5.41, 5.74) is 6.04. The van der Waals surface area contributed by atoms with Gasteiger partial charge >= 0.3 is 0 Å². The molecule has 2 heteroatoms. The van der Waals surface area contributed by atoms with Crippen LogP contribution in [0.3, 0.4) is 0 Å². The van der Waals surface area contributed by atoms with Crippen molar-refractivity contribution in [1.29, 1.82) is 0 Å². The van der Waals surface area contributed by atoms with Gasteiger partial charge in [-0.1, -0.05) is 32.1 Å². The molecule has 0 radical (unpaired) electrons. The van der Waals surface area contributed by atoms with E-state index >= 15 is 0 Å². The molecule has 0 aromatic carbocycles. The third-order valence-electron chi connectivity index (χ3n) is 3.87. The second-order valence-corrected chi connectivity index (χ2v) is 5.23. The Morgan fingerprint density at radius 1 is 1.07 bits per heavy atom. The smallest absolute Gasteiger partial charge is 0.0719 e. The summed E-state index contributed by atoms with van der Waals surface area (Å²) in [5, 5.41) is 9.86. The molecule has 2 atom stereocenters. The molecule has 2 saturated carbocycles. The van der Waals surface area contributed by atoms with Gasteiger partial charge in [-0.2, -0.15) is 0 Å². The molecule has 2 fully saturated rings. The lowest BCUT2D eigenvalue weighted by Crippen LogP contribution is -2.38. The fraction of sp³-hybridized carbons (Fsp3) is 1.00. The number of aliphatic hydroxyl groups is 1. The third-order valence-corrected chi connectivity index (χ3v) is 3.87. The van der Waals surface area contributed by atoms with Gasteiger partial charge in [-0.3, -0.25) is 0 Å².